The molecule has 0 radical (unpaired) electrons. The fraction of sp³-hybridized carbons (Fsp3) is 1.00. The molecule has 3 heteroatoms. The van der Waals surface area contributed by atoms with Gasteiger partial charge in [0.1, 0.15) is 0 Å². The van der Waals surface area contributed by atoms with Gasteiger partial charge in [0, 0.05) is 19.6 Å². The maximum absolute atomic E-state index is 5.73. The fourth-order valence-electron chi connectivity index (χ4n) is 2.09. The van der Waals surface area contributed by atoms with Gasteiger partial charge in [0.15, 0.2) is 0 Å². The maximum Gasteiger partial charge on any atom is 0.0826 e. The molecule has 3 nitrogen and oxygen atoms in total. The van der Waals surface area contributed by atoms with Gasteiger partial charge in [-0.3, -0.25) is 4.90 Å². The van der Waals surface area contributed by atoms with Crippen molar-refractivity contribution in [1.82, 2.24) is 10.2 Å². The second-order valence-corrected chi connectivity index (χ2v) is 5.13. The summed E-state index contributed by atoms with van der Waals surface area (Å²) in [6, 6.07) is 0. The van der Waals surface area contributed by atoms with E-state index in [1.54, 1.807) is 0 Å². The Morgan fingerprint density at radius 3 is 2.94 bits per heavy atom. The molecule has 1 aliphatic heterocycles. The minimum Gasteiger partial charge on any atom is -0.374 e. The molecule has 0 aliphatic carbocycles. The zero-order valence-corrected chi connectivity index (χ0v) is 11.2. The summed E-state index contributed by atoms with van der Waals surface area (Å²) in [5, 5.41) is 3.50. The summed E-state index contributed by atoms with van der Waals surface area (Å²) < 4.78 is 5.73. The number of hydrogen-bond acceptors (Lipinski definition) is 3. The van der Waals surface area contributed by atoms with Crippen LogP contribution in [0.2, 0.25) is 0 Å². The minimum atomic E-state index is 0.396. The van der Waals surface area contributed by atoms with Crippen molar-refractivity contribution < 1.29 is 4.74 Å². The van der Waals surface area contributed by atoms with Gasteiger partial charge in [-0.2, -0.15) is 0 Å². The molecule has 0 bridgehead atoms. The SMILES string of the molecule is CCN1CCOC(CNCCCC(C)C)C1. The van der Waals surface area contributed by atoms with E-state index < -0.39 is 0 Å². The second kappa shape index (κ2) is 8.04. The minimum absolute atomic E-state index is 0.396. The van der Waals surface area contributed by atoms with Crippen molar-refractivity contribution in [2.24, 2.45) is 5.92 Å². The Morgan fingerprint density at radius 1 is 1.44 bits per heavy atom. The fourth-order valence-corrected chi connectivity index (χ4v) is 2.09. The normalized spacial score (nSPS) is 22.9. The number of rotatable bonds is 7. The molecule has 1 aliphatic rings. The molecule has 0 aromatic rings. The number of nitrogens with one attached hydrogen (secondary N) is 1. The summed E-state index contributed by atoms with van der Waals surface area (Å²) in [6.07, 6.45) is 2.99. The number of nitrogens with zero attached hydrogens (tertiary/aromatic N) is 1. The molecule has 1 fully saturated rings. The first-order valence-electron chi connectivity index (χ1n) is 6.77. The monoisotopic (exact) mass is 228 g/mol. The Hall–Kier alpha value is -0.120. The molecule has 0 spiro atoms. The first-order valence-corrected chi connectivity index (χ1v) is 6.77. The van der Waals surface area contributed by atoms with Gasteiger partial charge in [0.2, 0.25) is 0 Å². The van der Waals surface area contributed by atoms with E-state index in [0.29, 0.717) is 6.10 Å². The molecule has 1 N–H and O–H groups in total. The summed E-state index contributed by atoms with van der Waals surface area (Å²) >= 11 is 0. The molecule has 1 atom stereocenters. The number of ether oxygens (including phenoxy) is 1. The number of hydrogen-bond donors (Lipinski definition) is 1. The predicted molar refractivity (Wildman–Crippen MR) is 68.8 cm³/mol. The summed E-state index contributed by atoms with van der Waals surface area (Å²) in [4.78, 5) is 2.46. The van der Waals surface area contributed by atoms with Crippen LogP contribution < -0.4 is 5.32 Å². The molecule has 1 saturated heterocycles. The highest BCUT2D eigenvalue weighted by Crippen LogP contribution is 2.04. The lowest BCUT2D eigenvalue weighted by molar-refractivity contribution is -0.0251. The van der Waals surface area contributed by atoms with Crippen molar-refractivity contribution in [3.05, 3.63) is 0 Å². The highest BCUT2D eigenvalue weighted by molar-refractivity contribution is 4.72. The molecule has 0 saturated carbocycles. The Morgan fingerprint density at radius 2 is 2.25 bits per heavy atom. The molecule has 0 amide bonds. The van der Waals surface area contributed by atoms with Crippen LogP contribution in [0.4, 0.5) is 0 Å². The van der Waals surface area contributed by atoms with Gasteiger partial charge in [-0.15, -0.1) is 0 Å². The molecule has 0 aromatic heterocycles. The van der Waals surface area contributed by atoms with Crippen LogP contribution in [-0.4, -0.2) is 50.3 Å². The van der Waals surface area contributed by atoms with Crippen molar-refractivity contribution in [1.29, 1.82) is 0 Å². The molecule has 1 heterocycles. The summed E-state index contributed by atoms with van der Waals surface area (Å²) in [7, 11) is 0. The van der Waals surface area contributed by atoms with E-state index in [0.717, 1.165) is 45.2 Å². The molecular weight excluding hydrogens is 200 g/mol. The third-order valence-corrected chi connectivity index (χ3v) is 3.18. The highest BCUT2D eigenvalue weighted by Gasteiger charge is 2.18. The van der Waals surface area contributed by atoms with Gasteiger partial charge in [-0.05, 0) is 31.8 Å². The first-order chi connectivity index (χ1) is 7.72. The van der Waals surface area contributed by atoms with Crippen molar-refractivity contribution in [2.45, 2.75) is 39.7 Å². The largest absolute Gasteiger partial charge is 0.374 e. The van der Waals surface area contributed by atoms with E-state index in [1.807, 2.05) is 0 Å². The Bertz CT molecular complexity index is 173. The van der Waals surface area contributed by atoms with E-state index in [2.05, 4.69) is 31.0 Å². The Balaban J connectivity index is 1.99. The zero-order chi connectivity index (χ0) is 11.8. The molecule has 0 aromatic carbocycles. The average molecular weight is 228 g/mol. The molecule has 16 heavy (non-hydrogen) atoms. The van der Waals surface area contributed by atoms with Gasteiger partial charge in [0.25, 0.3) is 0 Å². The summed E-state index contributed by atoms with van der Waals surface area (Å²) in [5.74, 6) is 0.823. The second-order valence-electron chi connectivity index (χ2n) is 5.13. The smallest absolute Gasteiger partial charge is 0.0826 e. The van der Waals surface area contributed by atoms with Crippen LogP contribution in [0.5, 0.6) is 0 Å². The van der Waals surface area contributed by atoms with E-state index in [-0.39, 0.29) is 0 Å². The van der Waals surface area contributed by atoms with Gasteiger partial charge in [-0.1, -0.05) is 20.8 Å². The van der Waals surface area contributed by atoms with Crippen molar-refractivity contribution in [2.75, 3.05) is 39.3 Å². The third kappa shape index (κ3) is 5.83. The lowest BCUT2D eigenvalue weighted by Gasteiger charge is -2.32. The lowest BCUT2D eigenvalue weighted by Crippen LogP contribution is -2.46. The van der Waals surface area contributed by atoms with E-state index in [4.69, 9.17) is 4.74 Å². The van der Waals surface area contributed by atoms with Crippen molar-refractivity contribution >= 4 is 0 Å². The molecular formula is C13H28N2O. The van der Waals surface area contributed by atoms with Crippen LogP contribution in [0.1, 0.15) is 33.6 Å². The van der Waals surface area contributed by atoms with Crippen LogP contribution >= 0.6 is 0 Å². The Kier molecular flexibility index (Phi) is 7.01. The third-order valence-electron chi connectivity index (χ3n) is 3.18. The molecule has 1 unspecified atom stereocenters. The summed E-state index contributed by atoms with van der Waals surface area (Å²) in [5.41, 5.74) is 0. The average Bonchev–Trinajstić information content (AvgIpc) is 2.28. The topological polar surface area (TPSA) is 24.5 Å². The van der Waals surface area contributed by atoms with Crippen molar-refractivity contribution in [3.8, 4) is 0 Å². The maximum atomic E-state index is 5.73. The van der Waals surface area contributed by atoms with E-state index in [1.165, 1.54) is 12.8 Å². The van der Waals surface area contributed by atoms with Gasteiger partial charge in [0.05, 0.1) is 12.7 Å². The van der Waals surface area contributed by atoms with Crippen LogP contribution in [0.3, 0.4) is 0 Å². The number of likely N-dealkylation sites (N-methyl/N-ethyl adjacent to an activating group) is 1. The van der Waals surface area contributed by atoms with Crippen LogP contribution in [0, 0.1) is 5.92 Å². The van der Waals surface area contributed by atoms with Gasteiger partial charge >= 0.3 is 0 Å². The first kappa shape index (κ1) is 13.9. The van der Waals surface area contributed by atoms with E-state index >= 15 is 0 Å². The highest BCUT2D eigenvalue weighted by atomic mass is 16.5. The standard InChI is InChI=1S/C13H28N2O/c1-4-15-8-9-16-13(11-15)10-14-7-5-6-12(2)3/h12-14H,4-11H2,1-3H3. The van der Waals surface area contributed by atoms with Crippen molar-refractivity contribution in [3.63, 3.8) is 0 Å². The lowest BCUT2D eigenvalue weighted by atomic mass is 10.1. The van der Waals surface area contributed by atoms with Crippen LogP contribution in [0.15, 0.2) is 0 Å². The molecule has 96 valence electrons. The molecule has 1 rings (SSSR count). The Labute approximate surface area is 101 Å². The quantitative estimate of drug-likeness (QED) is 0.672. The van der Waals surface area contributed by atoms with Crippen LogP contribution in [-0.2, 0) is 4.74 Å². The van der Waals surface area contributed by atoms with Crippen LogP contribution in [0.25, 0.3) is 0 Å². The van der Waals surface area contributed by atoms with E-state index in [9.17, 15) is 0 Å². The van der Waals surface area contributed by atoms with Gasteiger partial charge in [-0.25, -0.2) is 0 Å². The number of morpholine rings is 1. The predicted octanol–water partition coefficient (Wildman–Crippen LogP) is 1.73. The zero-order valence-electron chi connectivity index (χ0n) is 11.2. The summed E-state index contributed by atoms with van der Waals surface area (Å²) in [6.45, 7) is 13.2. The van der Waals surface area contributed by atoms with Gasteiger partial charge < -0.3 is 10.1 Å².